The summed E-state index contributed by atoms with van der Waals surface area (Å²) >= 11 is 0. The Bertz CT molecular complexity index is 552. The number of aromatic nitrogens is 2. The van der Waals surface area contributed by atoms with Crippen molar-refractivity contribution in [2.24, 2.45) is 0 Å². The molecule has 1 N–H and O–H groups in total. The third-order valence-electron chi connectivity index (χ3n) is 3.04. The van der Waals surface area contributed by atoms with Crippen molar-refractivity contribution < 1.29 is 9.42 Å². The molecular formula is C12H16N4O2. The van der Waals surface area contributed by atoms with Gasteiger partial charge in [-0.2, -0.15) is 0 Å². The zero-order valence-corrected chi connectivity index (χ0v) is 10.7. The van der Waals surface area contributed by atoms with Gasteiger partial charge in [0.1, 0.15) is 11.0 Å². The summed E-state index contributed by atoms with van der Waals surface area (Å²) in [6.45, 7) is 2.53. The normalized spacial score (nSPS) is 12.9. The van der Waals surface area contributed by atoms with E-state index in [-0.39, 0.29) is 11.9 Å². The van der Waals surface area contributed by atoms with E-state index in [4.69, 9.17) is 0 Å². The Labute approximate surface area is 105 Å². The van der Waals surface area contributed by atoms with Crippen LogP contribution in [0.2, 0.25) is 0 Å². The molecule has 6 nitrogen and oxygen atoms in total. The van der Waals surface area contributed by atoms with Crippen LogP contribution < -0.4 is 5.32 Å². The fraction of sp³-hybridized carbons (Fsp3) is 0.417. The van der Waals surface area contributed by atoms with Gasteiger partial charge >= 0.3 is 0 Å². The number of nitrogens with zero attached hydrogens (tertiary/aromatic N) is 3. The lowest BCUT2D eigenvalue weighted by atomic mass is 10.1. The quantitative estimate of drug-likeness (QED) is 0.866. The maximum Gasteiger partial charge on any atom is 0.236 e. The molecule has 0 saturated heterocycles. The van der Waals surface area contributed by atoms with E-state index in [2.05, 4.69) is 20.3 Å². The van der Waals surface area contributed by atoms with E-state index in [1.807, 2.05) is 37.1 Å². The van der Waals surface area contributed by atoms with Crippen molar-refractivity contribution in [2.75, 3.05) is 14.1 Å². The number of fused-ring (bicyclic) bond motifs is 1. The monoisotopic (exact) mass is 248 g/mol. The second-order valence-corrected chi connectivity index (χ2v) is 4.29. The zero-order chi connectivity index (χ0) is 13.1. The molecule has 0 aliphatic carbocycles. The molecule has 1 unspecified atom stereocenters. The SMILES string of the molecule is CNC(=O)C(C)N(C)Cc1ccc2nonc2c1. The minimum Gasteiger partial charge on any atom is -0.358 e. The lowest BCUT2D eigenvalue weighted by Crippen LogP contribution is -2.41. The van der Waals surface area contributed by atoms with Gasteiger partial charge in [0.2, 0.25) is 5.91 Å². The second kappa shape index (κ2) is 5.14. The number of hydrogen-bond donors (Lipinski definition) is 1. The highest BCUT2D eigenvalue weighted by Crippen LogP contribution is 2.13. The predicted molar refractivity (Wildman–Crippen MR) is 66.8 cm³/mol. The van der Waals surface area contributed by atoms with Gasteiger partial charge in [0.25, 0.3) is 0 Å². The van der Waals surface area contributed by atoms with Crippen LogP contribution in [0, 0.1) is 0 Å². The third kappa shape index (κ3) is 2.48. The molecule has 1 atom stereocenters. The van der Waals surface area contributed by atoms with Crippen molar-refractivity contribution in [3.8, 4) is 0 Å². The summed E-state index contributed by atoms with van der Waals surface area (Å²) in [5, 5.41) is 10.2. The predicted octanol–water partition coefficient (Wildman–Crippen LogP) is 0.789. The molecule has 0 saturated carbocycles. The van der Waals surface area contributed by atoms with Crippen molar-refractivity contribution in [2.45, 2.75) is 19.5 Å². The van der Waals surface area contributed by atoms with Crippen LogP contribution in [-0.4, -0.2) is 41.3 Å². The summed E-state index contributed by atoms with van der Waals surface area (Å²) in [5.41, 5.74) is 2.53. The molecule has 1 aromatic carbocycles. The number of carbonyl (C=O) groups is 1. The van der Waals surface area contributed by atoms with Crippen LogP contribution in [0.1, 0.15) is 12.5 Å². The molecule has 1 aromatic heterocycles. The van der Waals surface area contributed by atoms with Gasteiger partial charge in [-0.15, -0.1) is 0 Å². The van der Waals surface area contributed by atoms with Crippen LogP contribution in [0.3, 0.4) is 0 Å². The first kappa shape index (κ1) is 12.5. The highest BCUT2D eigenvalue weighted by Gasteiger charge is 2.16. The molecule has 18 heavy (non-hydrogen) atoms. The minimum atomic E-state index is -0.180. The summed E-state index contributed by atoms with van der Waals surface area (Å²) in [7, 11) is 3.55. The largest absolute Gasteiger partial charge is 0.358 e. The molecule has 0 aliphatic heterocycles. The van der Waals surface area contributed by atoms with Crippen LogP contribution in [0.4, 0.5) is 0 Å². The molecule has 0 bridgehead atoms. The van der Waals surface area contributed by atoms with Gasteiger partial charge < -0.3 is 5.32 Å². The maximum atomic E-state index is 11.5. The smallest absolute Gasteiger partial charge is 0.236 e. The maximum absolute atomic E-state index is 11.5. The first-order valence-corrected chi connectivity index (χ1v) is 5.75. The fourth-order valence-electron chi connectivity index (χ4n) is 1.76. The van der Waals surface area contributed by atoms with Crippen molar-refractivity contribution in [1.82, 2.24) is 20.5 Å². The molecule has 1 heterocycles. The zero-order valence-electron chi connectivity index (χ0n) is 10.7. The Kier molecular flexibility index (Phi) is 3.57. The number of carbonyl (C=O) groups excluding carboxylic acids is 1. The Balaban J connectivity index is 2.10. The molecular weight excluding hydrogens is 232 g/mol. The Morgan fingerprint density at radius 1 is 1.44 bits per heavy atom. The fourth-order valence-corrected chi connectivity index (χ4v) is 1.76. The van der Waals surface area contributed by atoms with E-state index in [0.29, 0.717) is 6.54 Å². The first-order valence-electron chi connectivity index (χ1n) is 5.75. The molecule has 0 radical (unpaired) electrons. The number of hydrogen-bond acceptors (Lipinski definition) is 5. The standard InChI is InChI=1S/C12H16N4O2/c1-8(12(17)13-2)16(3)7-9-4-5-10-11(6-9)15-18-14-10/h4-6,8H,7H2,1-3H3,(H,13,17). The van der Waals surface area contributed by atoms with Gasteiger partial charge in [0, 0.05) is 13.6 Å². The topological polar surface area (TPSA) is 71.3 Å². The lowest BCUT2D eigenvalue weighted by molar-refractivity contribution is -0.125. The first-order chi connectivity index (χ1) is 8.61. The van der Waals surface area contributed by atoms with Gasteiger partial charge in [-0.1, -0.05) is 6.07 Å². The highest BCUT2D eigenvalue weighted by molar-refractivity contribution is 5.81. The van der Waals surface area contributed by atoms with Gasteiger partial charge in [-0.05, 0) is 42.0 Å². The van der Waals surface area contributed by atoms with Gasteiger partial charge in [0.05, 0.1) is 6.04 Å². The van der Waals surface area contributed by atoms with E-state index in [1.165, 1.54) is 0 Å². The molecule has 2 aromatic rings. The average Bonchev–Trinajstić information content (AvgIpc) is 2.84. The van der Waals surface area contributed by atoms with E-state index in [0.717, 1.165) is 16.6 Å². The Morgan fingerprint density at radius 2 is 2.17 bits per heavy atom. The van der Waals surface area contributed by atoms with Crippen LogP contribution in [0.15, 0.2) is 22.8 Å². The lowest BCUT2D eigenvalue weighted by Gasteiger charge is -2.23. The molecule has 6 heteroatoms. The molecule has 0 fully saturated rings. The molecule has 2 rings (SSSR count). The van der Waals surface area contributed by atoms with Crippen LogP contribution in [0.5, 0.6) is 0 Å². The summed E-state index contributed by atoms with van der Waals surface area (Å²) in [4.78, 5) is 13.5. The number of benzene rings is 1. The van der Waals surface area contributed by atoms with E-state index < -0.39 is 0 Å². The molecule has 0 spiro atoms. The van der Waals surface area contributed by atoms with Crippen LogP contribution in [-0.2, 0) is 11.3 Å². The number of amides is 1. The summed E-state index contributed by atoms with van der Waals surface area (Å²) in [6, 6.07) is 5.55. The van der Waals surface area contributed by atoms with Crippen molar-refractivity contribution in [1.29, 1.82) is 0 Å². The van der Waals surface area contributed by atoms with Crippen LogP contribution in [0.25, 0.3) is 11.0 Å². The Hall–Kier alpha value is -1.95. The average molecular weight is 248 g/mol. The van der Waals surface area contributed by atoms with E-state index in [9.17, 15) is 4.79 Å². The summed E-state index contributed by atoms with van der Waals surface area (Å²) in [6.07, 6.45) is 0. The van der Waals surface area contributed by atoms with E-state index in [1.54, 1.807) is 7.05 Å². The van der Waals surface area contributed by atoms with Crippen molar-refractivity contribution in [3.63, 3.8) is 0 Å². The Morgan fingerprint density at radius 3 is 2.89 bits per heavy atom. The number of likely N-dealkylation sites (N-methyl/N-ethyl adjacent to an activating group) is 2. The number of rotatable bonds is 4. The van der Waals surface area contributed by atoms with Crippen LogP contribution >= 0.6 is 0 Å². The van der Waals surface area contributed by atoms with E-state index >= 15 is 0 Å². The minimum absolute atomic E-state index is 0.00156. The van der Waals surface area contributed by atoms with Gasteiger partial charge in [-0.25, -0.2) is 4.63 Å². The van der Waals surface area contributed by atoms with Crippen molar-refractivity contribution in [3.05, 3.63) is 23.8 Å². The van der Waals surface area contributed by atoms with Crippen molar-refractivity contribution >= 4 is 16.9 Å². The van der Waals surface area contributed by atoms with Gasteiger partial charge in [-0.3, -0.25) is 9.69 Å². The summed E-state index contributed by atoms with van der Waals surface area (Å²) in [5.74, 6) is 0.00156. The second-order valence-electron chi connectivity index (χ2n) is 4.29. The highest BCUT2D eigenvalue weighted by atomic mass is 16.6. The van der Waals surface area contributed by atoms with Gasteiger partial charge in [0.15, 0.2) is 0 Å². The number of nitrogens with one attached hydrogen (secondary N) is 1. The molecule has 1 amide bonds. The third-order valence-corrected chi connectivity index (χ3v) is 3.04. The summed E-state index contributed by atoms with van der Waals surface area (Å²) < 4.78 is 4.65. The molecule has 0 aliphatic rings. The molecule has 96 valence electrons.